The van der Waals surface area contributed by atoms with Gasteiger partial charge in [-0.3, -0.25) is 9.78 Å². The number of carbonyl (C=O) groups is 1. The van der Waals surface area contributed by atoms with Gasteiger partial charge in [-0.05, 0) is 59.2 Å². The lowest BCUT2D eigenvalue weighted by molar-refractivity contribution is -0.117. The van der Waals surface area contributed by atoms with Crippen LogP contribution in [0, 0.1) is 0 Å². The van der Waals surface area contributed by atoms with Crippen LogP contribution in [0.2, 0.25) is 0 Å². The first-order valence-corrected chi connectivity index (χ1v) is 9.87. The number of fused-ring (bicyclic) bond motifs is 3. The van der Waals surface area contributed by atoms with Crippen molar-refractivity contribution in [1.29, 1.82) is 0 Å². The lowest BCUT2D eigenvalue weighted by atomic mass is 9.99. The van der Waals surface area contributed by atoms with Crippen molar-refractivity contribution in [2.75, 3.05) is 6.54 Å². The molecule has 0 saturated heterocycles. The van der Waals surface area contributed by atoms with Gasteiger partial charge in [0.2, 0.25) is 0 Å². The number of amides is 1. The predicted octanol–water partition coefficient (Wildman–Crippen LogP) is 4.36. The first kappa shape index (κ1) is 18.1. The molecule has 3 aromatic rings. The zero-order valence-electron chi connectivity index (χ0n) is 16.4. The Morgan fingerprint density at radius 1 is 1.07 bits per heavy atom. The molecule has 5 heteroatoms. The summed E-state index contributed by atoms with van der Waals surface area (Å²) < 4.78 is 0. The summed E-state index contributed by atoms with van der Waals surface area (Å²) in [5.74, 6) is 0.459. The molecule has 2 aromatic carbocycles. The summed E-state index contributed by atoms with van der Waals surface area (Å²) in [6.07, 6.45) is 9.81. The molecule has 0 unspecified atom stereocenters. The highest BCUT2D eigenvalue weighted by Gasteiger charge is 2.29. The monoisotopic (exact) mass is 392 g/mol. The van der Waals surface area contributed by atoms with Crippen molar-refractivity contribution in [2.24, 2.45) is 4.99 Å². The zero-order chi connectivity index (χ0) is 20.5. The van der Waals surface area contributed by atoms with Gasteiger partial charge in [0.05, 0.1) is 11.3 Å². The second-order valence-electron chi connectivity index (χ2n) is 7.25. The number of rotatable bonds is 4. The van der Waals surface area contributed by atoms with Gasteiger partial charge in [-0.2, -0.15) is 0 Å². The standard InChI is InChI=1S/C25H20N4O/c1-17-22-15-19-5-2-3-6-20(19)16-23(22)28-24-21(7-4-14-29(17)24)25(30)27-13-10-18-8-11-26-12-9-18/h2-9,11-12,14-16H,1,10,13H2,(H,27,30). The molecule has 0 atom stereocenters. The maximum atomic E-state index is 12.9. The van der Waals surface area contributed by atoms with E-state index >= 15 is 0 Å². The Bertz CT molecular complexity index is 1250. The quantitative estimate of drug-likeness (QED) is 0.718. The molecule has 0 aliphatic carbocycles. The van der Waals surface area contributed by atoms with Crippen molar-refractivity contribution < 1.29 is 4.79 Å². The van der Waals surface area contributed by atoms with E-state index in [1.165, 1.54) is 0 Å². The van der Waals surface area contributed by atoms with E-state index in [0.717, 1.165) is 39.7 Å². The van der Waals surface area contributed by atoms with Crippen molar-refractivity contribution in [3.63, 3.8) is 0 Å². The Morgan fingerprint density at radius 3 is 2.63 bits per heavy atom. The third-order valence-corrected chi connectivity index (χ3v) is 5.35. The maximum absolute atomic E-state index is 12.9. The highest BCUT2D eigenvalue weighted by Crippen LogP contribution is 2.38. The molecular weight excluding hydrogens is 372 g/mol. The summed E-state index contributed by atoms with van der Waals surface area (Å²) in [4.78, 5) is 23.6. The van der Waals surface area contributed by atoms with Gasteiger partial charge >= 0.3 is 0 Å². The van der Waals surface area contributed by atoms with Gasteiger partial charge in [-0.25, -0.2) is 4.99 Å². The van der Waals surface area contributed by atoms with E-state index < -0.39 is 0 Å². The van der Waals surface area contributed by atoms with Crippen LogP contribution in [0.15, 0.2) is 96.4 Å². The molecular formula is C25H20N4O. The molecule has 5 rings (SSSR count). The molecule has 1 amide bonds. The molecule has 30 heavy (non-hydrogen) atoms. The van der Waals surface area contributed by atoms with Gasteiger partial charge in [-0.1, -0.05) is 30.8 Å². The fraction of sp³-hybridized carbons (Fsp3) is 0.0800. The van der Waals surface area contributed by atoms with Crippen LogP contribution in [0.3, 0.4) is 0 Å². The lowest BCUT2D eigenvalue weighted by Crippen LogP contribution is -2.37. The number of nitrogens with zero attached hydrogens (tertiary/aromatic N) is 3. The van der Waals surface area contributed by atoms with Crippen LogP contribution in [0.5, 0.6) is 0 Å². The molecule has 1 aromatic heterocycles. The number of amidine groups is 1. The molecule has 5 nitrogen and oxygen atoms in total. The molecule has 1 N–H and O–H groups in total. The van der Waals surface area contributed by atoms with E-state index in [4.69, 9.17) is 4.99 Å². The van der Waals surface area contributed by atoms with E-state index in [-0.39, 0.29) is 5.91 Å². The average Bonchev–Trinajstić information content (AvgIpc) is 2.78. The molecule has 146 valence electrons. The first-order chi connectivity index (χ1) is 14.7. The summed E-state index contributed by atoms with van der Waals surface area (Å²) in [6.45, 7) is 4.81. The molecule has 0 spiro atoms. The van der Waals surface area contributed by atoms with Gasteiger partial charge in [0.15, 0.2) is 5.84 Å². The number of nitrogens with one attached hydrogen (secondary N) is 1. The van der Waals surface area contributed by atoms with Gasteiger partial charge in [0.1, 0.15) is 0 Å². The number of pyridine rings is 1. The van der Waals surface area contributed by atoms with Crippen LogP contribution >= 0.6 is 0 Å². The van der Waals surface area contributed by atoms with Gasteiger partial charge in [0, 0.05) is 36.4 Å². The number of allylic oxidation sites excluding steroid dienone is 2. The van der Waals surface area contributed by atoms with Crippen molar-refractivity contribution in [1.82, 2.24) is 15.2 Å². The molecule has 0 bridgehead atoms. The average molecular weight is 392 g/mol. The normalized spacial score (nSPS) is 14.7. The first-order valence-electron chi connectivity index (χ1n) is 9.87. The summed E-state index contributed by atoms with van der Waals surface area (Å²) in [5, 5.41) is 5.26. The highest BCUT2D eigenvalue weighted by atomic mass is 16.1. The summed E-state index contributed by atoms with van der Waals surface area (Å²) in [6, 6.07) is 16.2. The third-order valence-electron chi connectivity index (χ3n) is 5.35. The minimum absolute atomic E-state index is 0.144. The van der Waals surface area contributed by atoms with E-state index in [9.17, 15) is 4.79 Å². The Balaban J connectivity index is 1.42. The van der Waals surface area contributed by atoms with Crippen LogP contribution in [0.25, 0.3) is 16.5 Å². The number of aliphatic imine (C=N–C) groups is 1. The molecule has 0 radical (unpaired) electrons. The summed E-state index contributed by atoms with van der Waals surface area (Å²) >= 11 is 0. The molecule has 2 aliphatic rings. The zero-order valence-corrected chi connectivity index (χ0v) is 16.4. The third kappa shape index (κ3) is 3.20. The van der Waals surface area contributed by atoms with Crippen molar-refractivity contribution in [2.45, 2.75) is 6.42 Å². The molecule has 3 heterocycles. The lowest BCUT2D eigenvalue weighted by Gasteiger charge is -2.32. The van der Waals surface area contributed by atoms with Crippen molar-refractivity contribution in [3.8, 4) is 0 Å². The minimum atomic E-state index is -0.144. The topological polar surface area (TPSA) is 57.6 Å². The fourth-order valence-corrected chi connectivity index (χ4v) is 3.77. The Morgan fingerprint density at radius 2 is 1.83 bits per heavy atom. The molecule has 2 aliphatic heterocycles. The Labute approximate surface area is 174 Å². The maximum Gasteiger partial charge on any atom is 0.255 e. The number of hydrogen-bond acceptors (Lipinski definition) is 4. The summed E-state index contributed by atoms with van der Waals surface area (Å²) in [5.41, 5.74) is 4.28. The van der Waals surface area contributed by atoms with E-state index in [1.807, 2.05) is 41.4 Å². The largest absolute Gasteiger partial charge is 0.352 e. The predicted molar refractivity (Wildman–Crippen MR) is 120 cm³/mol. The number of benzene rings is 2. The molecule has 0 saturated carbocycles. The molecule has 0 fully saturated rings. The summed E-state index contributed by atoms with van der Waals surface area (Å²) in [7, 11) is 0. The van der Waals surface area contributed by atoms with Crippen molar-refractivity contribution in [3.05, 3.63) is 103 Å². The second-order valence-corrected chi connectivity index (χ2v) is 7.25. The Hall–Kier alpha value is -3.99. The highest BCUT2D eigenvalue weighted by molar-refractivity contribution is 6.25. The van der Waals surface area contributed by atoms with E-state index in [2.05, 4.69) is 41.1 Å². The smallest absolute Gasteiger partial charge is 0.255 e. The van der Waals surface area contributed by atoms with Crippen LogP contribution < -0.4 is 5.32 Å². The number of aromatic nitrogens is 1. The van der Waals surface area contributed by atoms with Gasteiger partial charge in [-0.15, -0.1) is 0 Å². The van der Waals surface area contributed by atoms with Crippen LogP contribution in [0.1, 0.15) is 11.1 Å². The van der Waals surface area contributed by atoms with Gasteiger partial charge < -0.3 is 10.2 Å². The van der Waals surface area contributed by atoms with Crippen LogP contribution in [-0.4, -0.2) is 28.2 Å². The van der Waals surface area contributed by atoms with Crippen molar-refractivity contribution >= 4 is 33.9 Å². The fourth-order valence-electron chi connectivity index (χ4n) is 3.77. The minimum Gasteiger partial charge on any atom is -0.352 e. The SMILES string of the molecule is C=C1c2cc3ccccc3cc2N=C2C(C(=O)NCCc3ccncc3)=CC=CN12. The number of carbonyl (C=O) groups excluding carboxylic acids is 1. The van der Waals surface area contributed by atoms with Crippen LogP contribution in [-0.2, 0) is 11.2 Å². The Kier molecular flexibility index (Phi) is 4.48. The van der Waals surface area contributed by atoms with E-state index in [1.54, 1.807) is 18.5 Å². The second kappa shape index (κ2) is 7.44. The number of hydrogen-bond donors (Lipinski definition) is 1. The van der Waals surface area contributed by atoms with Gasteiger partial charge in [0.25, 0.3) is 5.91 Å². The van der Waals surface area contributed by atoms with E-state index in [0.29, 0.717) is 18.0 Å². The van der Waals surface area contributed by atoms with Crippen LogP contribution in [0.4, 0.5) is 5.69 Å².